The summed E-state index contributed by atoms with van der Waals surface area (Å²) in [7, 11) is 1.70. The number of fused-ring (bicyclic) bond motifs is 1. The smallest absolute Gasteiger partial charge is 0.275 e. The molecule has 2 aromatic heterocycles. The van der Waals surface area contributed by atoms with Crippen molar-refractivity contribution in [1.82, 2.24) is 15.0 Å². The zero-order valence-electron chi connectivity index (χ0n) is 14.2. The summed E-state index contributed by atoms with van der Waals surface area (Å²) in [6.45, 7) is 0.761. The Hall–Kier alpha value is -3.35. The van der Waals surface area contributed by atoms with E-state index >= 15 is 0 Å². The summed E-state index contributed by atoms with van der Waals surface area (Å²) in [6, 6.07) is 12.7. The largest absolute Gasteiger partial charge is 0.486 e. The summed E-state index contributed by atoms with van der Waals surface area (Å²) in [6.07, 6.45) is 3.08. The predicted molar refractivity (Wildman–Crippen MR) is 93.0 cm³/mol. The van der Waals surface area contributed by atoms with Gasteiger partial charge in [0, 0.05) is 31.1 Å². The Kier molecular flexibility index (Phi) is 4.27. The number of ether oxygens (including phenoxy) is 2. The highest BCUT2D eigenvalue weighted by atomic mass is 16.6. The van der Waals surface area contributed by atoms with Gasteiger partial charge in [-0.1, -0.05) is 17.3 Å². The maximum atomic E-state index is 12.6. The van der Waals surface area contributed by atoms with Crippen LogP contribution in [0.4, 0.5) is 0 Å². The van der Waals surface area contributed by atoms with Crippen LogP contribution in [0.3, 0.4) is 0 Å². The molecule has 0 unspecified atom stereocenters. The third kappa shape index (κ3) is 3.23. The van der Waals surface area contributed by atoms with Gasteiger partial charge >= 0.3 is 0 Å². The van der Waals surface area contributed by atoms with E-state index in [4.69, 9.17) is 14.0 Å². The lowest BCUT2D eigenvalue weighted by molar-refractivity contribution is 0.0515. The van der Waals surface area contributed by atoms with Crippen LogP contribution in [0.15, 0.2) is 59.4 Å². The molecule has 0 saturated heterocycles. The average molecular weight is 351 g/mol. The number of carbonyl (C=O) groups excluding carboxylic acids is 1. The van der Waals surface area contributed by atoms with Crippen LogP contribution < -0.4 is 9.47 Å². The maximum Gasteiger partial charge on any atom is 0.275 e. The lowest BCUT2D eigenvalue weighted by Gasteiger charge is -2.29. The van der Waals surface area contributed by atoms with E-state index < -0.39 is 0 Å². The first-order chi connectivity index (χ1) is 12.7. The molecule has 3 aromatic rings. The fourth-order valence-electron chi connectivity index (χ4n) is 2.76. The third-order valence-electron chi connectivity index (χ3n) is 4.07. The van der Waals surface area contributed by atoms with Gasteiger partial charge in [0.1, 0.15) is 6.61 Å². The quantitative estimate of drug-likeness (QED) is 0.719. The minimum Gasteiger partial charge on any atom is -0.486 e. The first-order valence-corrected chi connectivity index (χ1v) is 8.22. The van der Waals surface area contributed by atoms with Gasteiger partial charge in [-0.05, 0) is 24.3 Å². The van der Waals surface area contributed by atoms with Crippen LogP contribution >= 0.6 is 0 Å². The number of likely N-dealkylation sites (N-methyl/N-ethyl adjacent to an activating group) is 1. The number of hydrogen-bond acceptors (Lipinski definition) is 6. The highest BCUT2D eigenvalue weighted by Crippen LogP contribution is 2.31. The Morgan fingerprint density at radius 3 is 2.88 bits per heavy atom. The number of para-hydroxylation sites is 2. The van der Waals surface area contributed by atoms with Crippen molar-refractivity contribution < 1.29 is 18.8 Å². The summed E-state index contributed by atoms with van der Waals surface area (Å²) >= 11 is 0. The maximum absolute atomic E-state index is 12.6. The molecule has 0 aliphatic carbocycles. The van der Waals surface area contributed by atoms with Crippen molar-refractivity contribution in [2.24, 2.45) is 0 Å². The second-order valence-corrected chi connectivity index (χ2v) is 6.00. The van der Waals surface area contributed by atoms with Crippen molar-refractivity contribution in [1.29, 1.82) is 0 Å². The van der Waals surface area contributed by atoms with E-state index in [-0.39, 0.29) is 17.7 Å². The first-order valence-electron chi connectivity index (χ1n) is 8.22. The molecule has 4 rings (SSSR count). The molecule has 1 atom stereocenters. The standard InChI is InChI=1S/C19H17N3O4/c1-22(11-14-12-24-16-6-2-3-7-17(16)25-14)19(23)15-9-18(26-21-15)13-5-4-8-20-10-13/h2-10,14H,11-12H2,1H3/t14-/m1/s1. The summed E-state index contributed by atoms with van der Waals surface area (Å²) in [5.74, 6) is 1.66. The number of hydrogen-bond donors (Lipinski definition) is 0. The van der Waals surface area contributed by atoms with E-state index in [1.165, 1.54) is 0 Å². The average Bonchev–Trinajstić information content (AvgIpc) is 3.18. The van der Waals surface area contributed by atoms with Crippen LogP contribution in [0.25, 0.3) is 11.3 Å². The van der Waals surface area contributed by atoms with Gasteiger partial charge in [-0.25, -0.2) is 0 Å². The van der Waals surface area contributed by atoms with E-state index in [0.29, 0.717) is 24.7 Å². The molecule has 0 bridgehead atoms. The lowest BCUT2D eigenvalue weighted by Crippen LogP contribution is -2.41. The van der Waals surface area contributed by atoms with Crippen LogP contribution in [0.1, 0.15) is 10.5 Å². The van der Waals surface area contributed by atoms with Gasteiger partial charge < -0.3 is 18.9 Å². The van der Waals surface area contributed by atoms with E-state index in [1.54, 1.807) is 36.5 Å². The lowest BCUT2D eigenvalue weighted by atomic mass is 10.2. The van der Waals surface area contributed by atoms with Crippen molar-refractivity contribution in [3.8, 4) is 22.8 Å². The Bertz CT molecular complexity index is 910. The van der Waals surface area contributed by atoms with Crippen LogP contribution in [0.2, 0.25) is 0 Å². The molecule has 132 valence electrons. The fraction of sp³-hybridized carbons (Fsp3) is 0.211. The molecule has 1 aliphatic heterocycles. The molecule has 1 aromatic carbocycles. The molecule has 0 radical (unpaired) electrons. The topological polar surface area (TPSA) is 77.7 Å². The molecule has 0 N–H and O–H groups in total. The van der Waals surface area contributed by atoms with Gasteiger partial charge in [-0.2, -0.15) is 0 Å². The second kappa shape index (κ2) is 6.87. The van der Waals surface area contributed by atoms with Crippen molar-refractivity contribution in [3.63, 3.8) is 0 Å². The van der Waals surface area contributed by atoms with Crippen LogP contribution in [0.5, 0.6) is 11.5 Å². The van der Waals surface area contributed by atoms with Crippen molar-refractivity contribution >= 4 is 5.91 Å². The number of aromatic nitrogens is 2. The Morgan fingerprint density at radius 1 is 1.23 bits per heavy atom. The molecule has 3 heterocycles. The molecule has 1 amide bonds. The highest BCUT2D eigenvalue weighted by molar-refractivity contribution is 5.93. The van der Waals surface area contributed by atoms with Crippen molar-refractivity contribution in [2.75, 3.05) is 20.2 Å². The number of pyridine rings is 1. The van der Waals surface area contributed by atoms with Gasteiger partial charge in [0.25, 0.3) is 5.91 Å². The molecule has 0 saturated carbocycles. The molecule has 0 spiro atoms. The molecule has 1 aliphatic rings. The van der Waals surface area contributed by atoms with Crippen LogP contribution in [-0.4, -0.2) is 47.3 Å². The number of rotatable bonds is 4. The number of amides is 1. The van der Waals surface area contributed by atoms with Crippen molar-refractivity contribution in [2.45, 2.75) is 6.10 Å². The normalized spacial score (nSPS) is 15.5. The predicted octanol–water partition coefficient (Wildman–Crippen LogP) is 2.65. The minimum atomic E-state index is -0.247. The molecular weight excluding hydrogens is 334 g/mol. The van der Waals surface area contributed by atoms with Gasteiger partial charge in [0.2, 0.25) is 0 Å². The zero-order valence-corrected chi connectivity index (χ0v) is 14.2. The Balaban J connectivity index is 1.42. The fourth-order valence-corrected chi connectivity index (χ4v) is 2.76. The summed E-state index contributed by atoms with van der Waals surface area (Å²) in [4.78, 5) is 18.2. The number of nitrogens with zero attached hydrogens (tertiary/aromatic N) is 3. The Labute approximate surface area is 150 Å². The molecular formula is C19H17N3O4. The van der Waals surface area contributed by atoms with Crippen LogP contribution in [-0.2, 0) is 0 Å². The van der Waals surface area contributed by atoms with Crippen LogP contribution in [0, 0.1) is 0 Å². The minimum absolute atomic E-state index is 0.239. The molecule has 0 fully saturated rings. The van der Waals surface area contributed by atoms with Gasteiger partial charge in [-0.3, -0.25) is 9.78 Å². The summed E-state index contributed by atoms with van der Waals surface area (Å²) in [5, 5.41) is 3.88. The molecule has 7 heteroatoms. The van der Waals surface area contributed by atoms with E-state index in [9.17, 15) is 4.79 Å². The first kappa shape index (κ1) is 16.1. The number of benzene rings is 1. The summed E-state index contributed by atoms with van der Waals surface area (Å²) < 4.78 is 16.8. The highest BCUT2D eigenvalue weighted by Gasteiger charge is 2.25. The van der Waals surface area contributed by atoms with Gasteiger partial charge in [0.05, 0.1) is 6.54 Å². The second-order valence-electron chi connectivity index (χ2n) is 6.00. The van der Waals surface area contributed by atoms with Gasteiger partial charge in [-0.15, -0.1) is 0 Å². The Morgan fingerprint density at radius 2 is 2.08 bits per heavy atom. The van der Waals surface area contributed by atoms with Crippen molar-refractivity contribution in [3.05, 3.63) is 60.6 Å². The zero-order chi connectivity index (χ0) is 17.9. The molecule has 26 heavy (non-hydrogen) atoms. The molecule has 7 nitrogen and oxygen atoms in total. The summed E-state index contributed by atoms with van der Waals surface area (Å²) in [5.41, 5.74) is 1.01. The SMILES string of the molecule is CN(C[C@@H]1COc2ccccc2O1)C(=O)c1cc(-c2cccnc2)on1. The van der Waals surface area contributed by atoms with Gasteiger partial charge in [0.15, 0.2) is 29.1 Å². The number of carbonyl (C=O) groups is 1. The van der Waals surface area contributed by atoms with E-state index in [1.807, 2.05) is 30.3 Å². The van der Waals surface area contributed by atoms with E-state index in [0.717, 1.165) is 11.3 Å². The third-order valence-corrected chi connectivity index (χ3v) is 4.07. The monoisotopic (exact) mass is 351 g/mol. The van der Waals surface area contributed by atoms with E-state index in [2.05, 4.69) is 10.1 Å².